The van der Waals surface area contributed by atoms with E-state index in [0.717, 1.165) is 17.8 Å². The second-order valence-electron chi connectivity index (χ2n) is 8.08. The number of rotatable bonds is 5. The first-order valence-electron chi connectivity index (χ1n) is 8.38. The Labute approximate surface area is 122 Å². The highest BCUT2D eigenvalue weighted by atomic mass is 16.4. The molecule has 20 heavy (non-hydrogen) atoms. The largest absolute Gasteiger partial charge is 0.481 e. The average molecular weight is 279 g/mol. The van der Waals surface area contributed by atoms with E-state index in [1.165, 1.54) is 38.5 Å². The van der Waals surface area contributed by atoms with Gasteiger partial charge in [-0.25, -0.2) is 0 Å². The Morgan fingerprint density at radius 3 is 1.90 bits per heavy atom. The van der Waals surface area contributed by atoms with Crippen LogP contribution >= 0.6 is 0 Å². The van der Waals surface area contributed by atoms with Crippen molar-refractivity contribution in [2.24, 2.45) is 29.1 Å². The summed E-state index contributed by atoms with van der Waals surface area (Å²) in [5.41, 5.74) is 0.460. The predicted octanol–water partition coefficient (Wildman–Crippen LogP) is 3.29. The van der Waals surface area contributed by atoms with E-state index in [9.17, 15) is 4.79 Å². The fourth-order valence-corrected chi connectivity index (χ4v) is 5.64. The van der Waals surface area contributed by atoms with E-state index in [1.54, 1.807) is 0 Å². The quantitative estimate of drug-likeness (QED) is 0.812. The van der Waals surface area contributed by atoms with Gasteiger partial charge in [-0.1, -0.05) is 6.92 Å². The topological polar surface area (TPSA) is 49.3 Å². The first-order valence-corrected chi connectivity index (χ1v) is 8.38. The molecule has 4 aliphatic carbocycles. The molecule has 4 rings (SSSR count). The molecular formula is C17H29NO2. The lowest BCUT2D eigenvalue weighted by Gasteiger charge is -2.59. The van der Waals surface area contributed by atoms with Crippen molar-refractivity contribution in [1.29, 1.82) is 0 Å². The molecule has 3 unspecified atom stereocenters. The van der Waals surface area contributed by atoms with E-state index >= 15 is 0 Å². The highest BCUT2D eigenvalue weighted by Gasteiger charge is 2.53. The number of hydrogen-bond acceptors (Lipinski definition) is 2. The van der Waals surface area contributed by atoms with Crippen LogP contribution in [0.3, 0.4) is 0 Å². The monoisotopic (exact) mass is 279 g/mol. The Balaban J connectivity index is 1.68. The summed E-state index contributed by atoms with van der Waals surface area (Å²) in [6.07, 6.45) is 8.52. The Morgan fingerprint density at radius 1 is 1.05 bits per heavy atom. The minimum absolute atomic E-state index is 0.0514. The van der Waals surface area contributed by atoms with Crippen molar-refractivity contribution in [3.05, 3.63) is 0 Å². The second kappa shape index (κ2) is 5.01. The average Bonchev–Trinajstić information content (AvgIpc) is 2.35. The van der Waals surface area contributed by atoms with E-state index in [-0.39, 0.29) is 12.0 Å². The summed E-state index contributed by atoms with van der Waals surface area (Å²) in [7, 11) is 0. The van der Waals surface area contributed by atoms with Crippen molar-refractivity contribution in [2.75, 3.05) is 0 Å². The first kappa shape index (κ1) is 14.4. The molecule has 0 heterocycles. The van der Waals surface area contributed by atoms with E-state index in [0.29, 0.717) is 11.5 Å². The van der Waals surface area contributed by atoms with Crippen LogP contribution in [0.4, 0.5) is 0 Å². The lowest BCUT2D eigenvalue weighted by molar-refractivity contribution is -0.142. The van der Waals surface area contributed by atoms with Crippen molar-refractivity contribution >= 4 is 5.97 Å². The molecule has 4 bridgehead atoms. The summed E-state index contributed by atoms with van der Waals surface area (Å²) in [5.74, 6) is 1.86. The Bertz CT molecular complexity index is 357. The van der Waals surface area contributed by atoms with Gasteiger partial charge in [-0.3, -0.25) is 4.79 Å². The molecule has 0 amide bonds. The van der Waals surface area contributed by atoms with Gasteiger partial charge in [0.1, 0.15) is 0 Å². The lowest BCUT2D eigenvalue weighted by atomic mass is 9.48. The summed E-state index contributed by atoms with van der Waals surface area (Å²) >= 11 is 0. The maximum atomic E-state index is 11.1. The minimum Gasteiger partial charge on any atom is -0.481 e. The summed E-state index contributed by atoms with van der Waals surface area (Å²) < 4.78 is 0. The molecule has 0 spiro atoms. The number of carbonyl (C=O) groups is 1. The summed E-state index contributed by atoms with van der Waals surface area (Å²) in [4.78, 5) is 11.1. The number of nitrogens with one attached hydrogen (secondary N) is 1. The van der Waals surface area contributed by atoms with Crippen LogP contribution in [-0.4, -0.2) is 23.2 Å². The van der Waals surface area contributed by atoms with Crippen molar-refractivity contribution in [2.45, 2.75) is 71.4 Å². The zero-order chi connectivity index (χ0) is 14.5. The third kappa shape index (κ3) is 2.38. The van der Waals surface area contributed by atoms with Gasteiger partial charge < -0.3 is 10.4 Å². The van der Waals surface area contributed by atoms with Gasteiger partial charge in [-0.15, -0.1) is 0 Å². The van der Waals surface area contributed by atoms with Crippen molar-refractivity contribution in [3.63, 3.8) is 0 Å². The highest BCUT2D eigenvalue weighted by molar-refractivity contribution is 5.70. The molecule has 0 aromatic carbocycles. The van der Waals surface area contributed by atoms with Gasteiger partial charge in [0.2, 0.25) is 0 Å². The number of carboxylic acids is 1. The molecule has 4 saturated carbocycles. The first-order chi connectivity index (χ1) is 9.39. The van der Waals surface area contributed by atoms with Crippen LogP contribution in [0, 0.1) is 29.1 Å². The molecule has 0 saturated heterocycles. The van der Waals surface area contributed by atoms with Gasteiger partial charge >= 0.3 is 5.97 Å². The van der Waals surface area contributed by atoms with E-state index < -0.39 is 5.97 Å². The molecule has 4 aliphatic rings. The van der Waals surface area contributed by atoms with Gasteiger partial charge in [-0.2, -0.15) is 0 Å². The zero-order valence-electron chi connectivity index (χ0n) is 13.1. The molecule has 4 fully saturated rings. The SMILES string of the molecule is CC(NC(C)C12CC3CC(CC(C3)C1)C2)C(C)C(=O)O. The van der Waals surface area contributed by atoms with Gasteiger partial charge in [0.05, 0.1) is 5.92 Å². The van der Waals surface area contributed by atoms with Gasteiger partial charge in [0, 0.05) is 12.1 Å². The molecule has 114 valence electrons. The third-order valence-corrected chi connectivity index (χ3v) is 6.66. The van der Waals surface area contributed by atoms with E-state index in [2.05, 4.69) is 12.2 Å². The number of carboxylic acid groups (broad SMARTS) is 1. The normalized spacial score (nSPS) is 43.2. The molecule has 3 heteroatoms. The van der Waals surface area contributed by atoms with Crippen LogP contribution in [0.2, 0.25) is 0 Å². The number of hydrogen-bond donors (Lipinski definition) is 2. The standard InChI is InChI=1S/C17H29NO2/c1-10(16(19)20)11(2)18-12(3)17-7-13-4-14(8-17)6-15(5-13)9-17/h10-15,18H,4-9H2,1-3H3,(H,19,20). The van der Waals surface area contributed by atoms with E-state index in [1.807, 2.05) is 13.8 Å². The van der Waals surface area contributed by atoms with E-state index in [4.69, 9.17) is 5.11 Å². The van der Waals surface area contributed by atoms with Gasteiger partial charge in [-0.05, 0) is 75.5 Å². The van der Waals surface area contributed by atoms with Crippen LogP contribution in [0.1, 0.15) is 59.3 Å². The number of aliphatic carboxylic acids is 1. The van der Waals surface area contributed by atoms with Crippen molar-refractivity contribution < 1.29 is 9.90 Å². The fourth-order valence-electron chi connectivity index (χ4n) is 5.64. The molecule has 0 radical (unpaired) electrons. The summed E-state index contributed by atoms with van der Waals surface area (Å²) in [6, 6.07) is 0.503. The maximum Gasteiger partial charge on any atom is 0.307 e. The van der Waals surface area contributed by atoms with Crippen molar-refractivity contribution in [3.8, 4) is 0 Å². The Hall–Kier alpha value is -0.570. The molecule has 3 atom stereocenters. The molecule has 0 aromatic rings. The molecule has 3 nitrogen and oxygen atoms in total. The van der Waals surface area contributed by atoms with Gasteiger partial charge in [0.15, 0.2) is 0 Å². The highest BCUT2D eigenvalue weighted by Crippen LogP contribution is 2.61. The fraction of sp³-hybridized carbons (Fsp3) is 0.941. The summed E-state index contributed by atoms with van der Waals surface area (Å²) in [6.45, 7) is 6.14. The lowest BCUT2D eigenvalue weighted by Crippen LogP contribution is -2.57. The van der Waals surface area contributed by atoms with Gasteiger partial charge in [0.25, 0.3) is 0 Å². The molecule has 2 N–H and O–H groups in total. The predicted molar refractivity (Wildman–Crippen MR) is 79.5 cm³/mol. The third-order valence-electron chi connectivity index (χ3n) is 6.66. The molecular weight excluding hydrogens is 250 g/mol. The summed E-state index contributed by atoms with van der Waals surface area (Å²) in [5, 5.41) is 12.8. The maximum absolute atomic E-state index is 11.1. The van der Waals surface area contributed by atoms with Crippen molar-refractivity contribution in [1.82, 2.24) is 5.32 Å². The van der Waals surface area contributed by atoms with Crippen LogP contribution in [0.15, 0.2) is 0 Å². The second-order valence-corrected chi connectivity index (χ2v) is 8.08. The van der Waals surface area contributed by atoms with Crippen LogP contribution in [0.5, 0.6) is 0 Å². The Kier molecular flexibility index (Phi) is 3.60. The molecule has 0 aliphatic heterocycles. The van der Waals surface area contributed by atoms with Crippen LogP contribution in [-0.2, 0) is 4.79 Å². The smallest absolute Gasteiger partial charge is 0.307 e. The van der Waals surface area contributed by atoms with Crippen LogP contribution < -0.4 is 5.32 Å². The zero-order valence-corrected chi connectivity index (χ0v) is 13.1. The Morgan fingerprint density at radius 2 is 1.50 bits per heavy atom. The molecule has 0 aromatic heterocycles. The van der Waals surface area contributed by atoms with Crippen LogP contribution in [0.25, 0.3) is 0 Å². The minimum atomic E-state index is -0.692.